The number of carbonyl (C=O) groups is 1. The Morgan fingerprint density at radius 2 is 1.89 bits per heavy atom. The molecule has 0 aliphatic rings. The van der Waals surface area contributed by atoms with Crippen LogP contribution in [0.3, 0.4) is 0 Å². The first-order valence-electron chi connectivity index (χ1n) is 10.8. The zero-order valence-electron chi connectivity index (χ0n) is 19.6. The molecule has 0 saturated carbocycles. The number of aliphatic hydroxyl groups excluding tert-OH is 2. The summed E-state index contributed by atoms with van der Waals surface area (Å²) in [6, 6.07) is 5.53. The van der Waals surface area contributed by atoms with Crippen molar-refractivity contribution in [3.05, 3.63) is 47.4 Å². The zero-order chi connectivity index (χ0) is 26.3. The third-order valence-electron chi connectivity index (χ3n) is 5.09. The first-order valence-corrected chi connectivity index (χ1v) is 14.2. The Balaban J connectivity index is 2.69. The predicted molar refractivity (Wildman–Crippen MR) is 138 cm³/mol. The SMILES string of the molecule is CCN(c1nc(-c2ccc(F)cc2)c(/C=C/[C@@H](O)C[C@@H](O)CC(=O)[O-])c(C(C)CI)n1)S(C)(=O)=O. The number of alkyl halides is 1. The molecule has 2 rings (SSSR count). The Bertz CT molecular complexity index is 1160. The van der Waals surface area contributed by atoms with E-state index in [9.17, 15) is 32.9 Å². The van der Waals surface area contributed by atoms with Crippen LogP contribution >= 0.6 is 22.6 Å². The molecule has 1 aromatic heterocycles. The van der Waals surface area contributed by atoms with Gasteiger partial charge >= 0.3 is 0 Å². The first kappa shape index (κ1) is 29.1. The van der Waals surface area contributed by atoms with Crippen LogP contribution in [0.15, 0.2) is 30.3 Å². The van der Waals surface area contributed by atoms with E-state index in [1.165, 1.54) is 30.3 Å². The van der Waals surface area contributed by atoms with Gasteiger partial charge in [0.2, 0.25) is 16.0 Å². The average Bonchev–Trinajstić information content (AvgIpc) is 2.76. The lowest BCUT2D eigenvalue weighted by Crippen LogP contribution is -2.32. The zero-order valence-corrected chi connectivity index (χ0v) is 22.5. The van der Waals surface area contributed by atoms with Crippen LogP contribution < -0.4 is 9.41 Å². The number of rotatable bonds is 12. The number of hydrogen-bond donors (Lipinski definition) is 2. The second kappa shape index (κ2) is 12.7. The molecule has 0 fully saturated rings. The third-order valence-corrected chi connectivity index (χ3v) is 7.63. The molecule has 1 heterocycles. The summed E-state index contributed by atoms with van der Waals surface area (Å²) < 4.78 is 40.0. The maximum absolute atomic E-state index is 13.6. The van der Waals surface area contributed by atoms with E-state index in [0.29, 0.717) is 26.9 Å². The number of carboxylic acid groups (broad SMARTS) is 1. The van der Waals surface area contributed by atoms with Gasteiger partial charge in [0.15, 0.2) is 0 Å². The van der Waals surface area contributed by atoms with Gasteiger partial charge in [-0.25, -0.2) is 27.1 Å². The normalized spacial score (nSPS) is 14.6. The summed E-state index contributed by atoms with van der Waals surface area (Å²) in [5, 5.41) is 30.8. The molecular weight excluding hydrogens is 592 g/mol. The summed E-state index contributed by atoms with van der Waals surface area (Å²) >= 11 is 2.18. The van der Waals surface area contributed by atoms with Gasteiger partial charge in [-0.2, -0.15) is 0 Å². The van der Waals surface area contributed by atoms with Gasteiger partial charge in [-0.3, -0.25) is 0 Å². The van der Waals surface area contributed by atoms with Crippen LogP contribution in [-0.2, 0) is 14.8 Å². The molecule has 0 radical (unpaired) electrons. The van der Waals surface area contributed by atoms with Crippen LogP contribution in [0.25, 0.3) is 17.3 Å². The second-order valence-electron chi connectivity index (χ2n) is 8.05. The van der Waals surface area contributed by atoms with E-state index in [1.807, 2.05) is 6.92 Å². The van der Waals surface area contributed by atoms with Crippen molar-refractivity contribution in [2.24, 2.45) is 0 Å². The lowest BCUT2D eigenvalue weighted by atomic mass is 9.97. The van der Waals surface area contributed by atoms with Crippen molar-refractivity contribution in [1.29, 1.82) is 0 Å². The summed E-state index contributed by atoms with van der Waals surface area (Å²) in [6.07, 6.45) is 0.658. The van der Waals surface area contributed by atoms with E-state index in [1.54, 1.807) is 13.0 Å². The number of nitrogens with zero attached hydrogens (tertiary/aromatic N) is 3. The lowest BCUT2D eigenvalue weighted by Gasteiger charge is -2.23. The van der Waals surface area contributed by atoms with Crippen molar-refractivity contribution in [1.82, 2.24) is 9.97 Å². The molecule has 12 heteroatoms. The van der Waals surface area contributed by atoms with Crippen LogP contribution in [0, 0.1) is 5.82 Å². The monoisotopic (exact) mass is 620 g/mol. The van der Waals surface area contributed by atoms with Gasteiger partial charge < -0.3 is 20.1 Å². The van der Waals surface area contributed by atoms with Gasteiger partial charge in [-0.1, -0.05) is 41.7 Å². The summed E-state index contributed by atoms with van der Waals surface area (Å²) in [7, 11) is -3.68. The summed E-state index contributed by atoms with van der Waals surface area (Å²) in [5.41, 5.74) is 1.85. The number of halogens is 2. The maximum Gasteiger partial charge on any atom is 0.240 e. The smallest absolute Gasteiger partial charge is 0.240 e. The topological polar surface area (TPSA) is 144 Å². The fourth-order valence-electron chi connectivity index (χ4n) is 3.39. The fraction of sp³-hybridized carbons (Fsp3) is 0.435. The largest absolute Gasteiger partial charge is 0.550 e. The molecule has 192 valence electrons. The van der Waals surface area contributed by atoms with Crippen LogP contribution in [0.2, 0.25) is 0 Å². The number of anilines is 1. The Labute approximate surface area is 217 Å². The van der Waals surface area contributed by atoms with Crippen molar-refractivity contribution in [3.8, 4) is 11.3 Å². The van der Waals surface area contributed by atoms with Crippen LogP contribution in [0.4, 0.5) is 10.3 Å². The Kier molecular flexibility index (Phi) is 10.5. The third kappa shape index (κ3) is 8.19. The summed E-state index contributed by atoms with van der Waals surface area (Å²) in [6.45, 7) is 3.66. The number of aliphatic hydroxyl groups is 2. The minimum Gasteiger partial charge on any atom is -0.550 e. The first-order chi connectivity index (χ1) is 16.4. The molecule has 0 saturated heterocycles. The minimum atomic E-state index is -3.68. The van der Waals surface area contributed by atoms with Crippen LogP contribution in [0.5, 0.6) is 0 Å². The minimum absolute atomic E-state index is 0.0249. The van der Waals surface area contributed by atoms with Crippen molar-refractivity contribution in [3.63, 3.8) is 0 Å². The van der Waals surface area contributed by atoms with Gasteiger partial charge in [-0.05, 0) is 31.2 Å². The molecule has 0 bridgehead atoms. The van der Waals surface area contributed by atoms with Gasteiger partial charge in [0.1, 0.15) is 5.82 Å². The molecule has 0 aliphatic carbocycles. The number of benzene rings is 1. The molecule has 9 nitrogen and oxygen atoms in total. The van der Waals surface area contributed by atoms with Gasteiger partial charge in [-0.15, -0.1) is 0 Å². The molecule has 35 heavy (non-hydrogen) atoms. The van der Waals surface area contributed by atoms with Crippen molar-refractivity contribution < 1.29 is 32.9 Å². The number of aromatic nitrogens is 2. The predicted octanol–water partition coefficient (Wildman–Crippen LogP) is 1.87. The number of sulfonamides is 1. The fourth-order valence-corrected chi connectivity index (χ4v) is 4.66. The molecule has 2 aromatic rings. The quantitative estimate of drug-likeness (QED) is 0.271. The highest BCUT2D eigenvalue weighted by atomic mass is 127. The van der Waals surface area contributed by atoms with E-state index in [-0.39, 0.29) is 24.8 Å². The number of carbonyl (C=O) groups excluding carboxylic acids is 1. The molecule has 2 N–H and O–H groups in total. The van der Waals surface area contributed by atoms with E-state index in [4.69, 9.17) is 0 Å². The van der Waals surface area contributed by atoms with E-state index in [0.717, 1.165) is 10.6 Å². The molecule has 0 spiro atoms. The summed E-state index contributed by atoms with van der Waals surface area (Å²) in [5.74, 6) is -2.05. The molecule has 1 unspecified atom stereocenters. The molecule has 0 amide bonds. The van der Waals surface area contributed by atoms with E-state index < -0.39 is 40.4 Å². The molecule has 1 aromatic carbocycles. The van der Waals surface area contributed by atoms with Crippen LogP contribution in [-0.4, -0.2) is 64.0 Å². The standard InChI is InChI=1S/C23H29FIN3O6S/c1-4-28(35(3,33)34)23-26-21(14(2)13-25)19(10-9-17(29)11-18(30)12-20(31)32)22(27-23)15-5-7-16(24)8-6-15/h5-10,14,17-18,29-30H,4,11-13H2,1-3H3,(H,31,32)/p-1/b10-9+/t14?,17-,18-/m1/s1. The number of hydrogen-bond acceptors (Lipinski definition) is 8. The highest BCUT2D eigenvalue weighted by molar-refractivity contribution is 14.1. The van der Waals surface area contributed by atoms with Gasteiger partial charge in [0, 0.05) is 46.8 Å². The van der Waals surface area contributed by atoms with Gasteiger partial charge in [0.05, 0.1) is 29.9 Å². The second-order valence-corrected chi connectivity index (χ2v) is 10.8. The highest BCUT2D eigenvalue weighted by Crippen LogP contribution is 2.32. The molecule has 3 atom stereocenters. The van der Waals surface area contributed by atoms with Crippen molar-refractivity contribution in [2.75, 3.05) is 21.5 Å². The average molecular weight is 620 g/mol. The highest BCUT2D eigenvalue weighted by Gasteiger charge is 2.24. The number of aliphatic carboxylic acids is 1. The van der Waals surface area contributed by atoms with Gasteiger partial charge in [0.25, 0.3) is 0 Å². The molecular formula is C23H28FIN3O6S-. The maximum atomic E-state index is 13.6. The lowest BCUT2D eigenvalue weighted by molar-refractivity contribution is -0.307. The summed E-state index contributed by atoms with van der Waals surface area (Å²) in [4.78, 5) is 19.7. The van der Waals surface area contributed by atoms with Crippen LogP contribution in [0.1, 0.15) is 43.9 Å². The van der Waals surface area contributed by atoms with Crippen molar-refractivity contribution >= 4 is 50.6 Å². The number of carboxylic acids is 1. The Hall–Kier alpha value is -2.16. The van der Waals surface area contributed by atoms with Crippen molar-refractivity contribution in [2.45, 2.75) is 44.8 Å². The Morgan fingerprint density at radius 1 is 1.26 bits per heavy atom. The van der Waals surface area contributed by atoms with E-state index >= 15 is 0 Å². The van der Waals surface area contributed by atoms with E-state index in [2.05, 4.69) is 32.6 Å². The molecule has 0 aliphatic heterocycles. The Morgan fingerprint density at radius 3 is 2.40 bits per heavy atom.